The van der Waals surface area contributed by atoms with E-state index >= 15 is 0 Å². The molecule has 0 bridgehead atoms. The maximum Gasteiger partial charge on any atom is 0.325 e. The van der Waals surface area contributed by atoms with E-state index < -0.39 is 40.8 Å². The van der Waals surface area contributed by atoms with Gasteiger partial charge in [0.2, 0.25) is 15.8 Å². The molecule has 1 amide bonds. The Morgan fingerprint density at radius 1 is 0.941 bits per heavy atom. The van der Waals surface area contributed by atoms with Crippen molar-refractivity contribution in [3.05, 3.63) is 53.6 Å². The molecular formula is C23H28N2O8S. The van der Waals surface area contributed by atoms with Crippen molar-refractivity contribution in [3.63, 3.8) is 0 Å². The number of ether oxygens (including phenoxy) is 3. The predicted molar refractivity (Wildman–Crippen MR) is 124 cm³/mol. The van der Waals surface area contributed by atoms with Crippen LogP contribution in [-0.2, 0) is 19.6 Å². The van der Waals surface area contributed by atoms with Crippen LogP contribution in [0.2, 0.25) is 0 Å². The van der Waals surface area contributed by atoms with Gasteiger partial charge >= 0.3 is 5.97 Å². The van der Waals surface area contributed by atoms with E-state index in [1.807, 2.05) is 0 Å². The third-order valence-corrected chi connectivity index (χ3v) is 6.99. The second-order valence-electron chi connectivity index (χ2n) is 6.95. The predicted octanol–water partition coefficient (Wildman–Crippen LogP) is 1.89. The Balaban J connectivity index is 1.91. The molecule has 1 N–H and O–H groups in total. The second kappa shape index (κ2) is 12.1. The average molecular weight is 493 g/mol. The second-order valence-corrected chi connectivity index (χ2v) is 8.88. The third-order valence-electron chi connectivity index (χ3n) is 4.93. The van der Waals surface area contributed by atoms with Crippen molar-refractivity contribution < 1.29 is 37.0 Å². The smallest absolute Gasteiger partial charge is 0.325 e. The van der Waals surface area contributed by atoms with Gasteiger partial charge in [-0.05, 0) is 36.4 Å². The Morgan fingerprint density at radius 2 is 1.59 bits per heavy atom. The van der Waals surface area contributed by atoms with E-state index in [0.29, 0.717) is 18.8 Å². The Morgan fingerprint density at radius 3 is 2.15 bits per heavy atom. The summed E-state index contributed by atoms with van der Waals surface area (Å²) in [4.78, 5) is 36.7. The van der Waals surface area contributed by atoms with E-state index in [9.17, 15) is 22.8 Å². The molecule has 2 aromatic carbocycles. The first-order chi connectivity index (χ1) is 16.2. The van der Waals surface area contributed by atoms with Crippen LogP contribution in [0, 0.1) is 0 Å². The highest BCUT2D eigenvalue weighted by molar-refractivity contribution is 7.89. The van der Waals surface area contributed by atoms with Gasteiger partial charge in [0, 0.05) is 24.7 Å². The Labute approximate surface area is 198 Å². The summed E-state index contributed by atoms with van der Waals surface area (Å²) < 4.78 is 41.5. The number of amides is 1. The molecular weight excluding hydrogens is 464 g/mol. The lowest BCUT2D eigenvalue weighted by molar-refractivity contribution is -0.141. The van der Waals surface area contributed by atoms with Crippen LogP contribution in [0.4, 0.5) is 0 Å². The molecule has 0 aromatic heterocycles. The lowest BCUT2D eigenvalue weighted by Crippen LogP contribution is -2.32. The summed E-state index contributed by atoms with van der Waals surface area (Å²) in [6.45, 7) is 3.14. The molecule has 34 heavy (non-hydrogen) atoms. The molecule has 0 radical (unpaired) electrons. The van der Waals surface area contributed by atoms with Crippen molar-refractivity contribution in [1.29, 1.82) is 0 Å². The quantitative estimate of drug-likeness (QED) is 0.351. The number of nitrogens with zero attached hydrogens (tertiary/aromatic N) is 1. The molecule has 2 rings (SSSR count). The molecule has 184 valence electrons. The number of nitrogens with one attached hydrogen (secondary N) is 1. The average Bonchev–Trinajstić information content (AvgIpc) is 2.85. The number of carbonyl (C=O) groups excluding carboxylic acids is 3. The number of methoxy groups -OCH3 is 2. The van der Waals surface area contributed by atoms with Crippen molar-refractivity contribution >= 4 is 27.7 Å². The molecule has 0 aliphatic heterocycles. The molecule has 0 atom stereocenters. The molecule has 11 heteroatoms. The normalized spacial score (nSPS) is 11.1. The highest BCUT2D eigenvalue weighted by atomic mass is 32.2. The number of carbonyl (C=O) groups is 3. The van der Waals surface area contributed by atoms with Gasteiger partial charge in [-0.3, -0.25) is 14.4 Å². The summed E-state index contributed by atoms with van der Waals surface area (Å²) >= 11 is 0. The van der Waals surface area contributed by atoms with Crippen LogP contribution in [0.25, 0.3) is 0 Å². The zero-order valence-corrected chi connectivity index (χ0v) is 20.3. The maximum atomic E-state index is 12.5. The fourth-order valence-corrected chi connectivity index (χ4v) is 4.51. The number of esters is 1. The van der Waals surface area contributed by atoms with Gasteiger partial charge in [-0.1, -0.05) is 13.8 Å². The van der Waals surface area contributed by atoms with Gasteiger partial charge < -0.3 is 19.5 Å². The van der Waals surface area contributed by atoms with Crippen molar-refractivity contribution in [2.24, 2.45) is 0 Å². The Bertz CT molecular complexity index is 1130. The summed E-state index contributed by atoms with van der Waals surface area (Å²) in [7, 11) is -0.755. The highest BCUT2D eigenvalue weighted by Gasteiger charge is 2.22. The molecule has 0 unspecified atom stereocenters. The Kier molecular flexibility index (Phi) is 9.58. The molecule has 2 aromatic rings. The molecule has 0 heterocycles. The monoisotopic (exact) mass is 492 g/mol. The summed E-state index contributed by atoms with van der Waals surface area (Å²) in [6.07, 6.45) is 0. The number of hydrogen-bond acceptors (Lipinski definition) is 8. The maximum absolute atomic E-state index is 12.5. The number of hydrogen-bond donors (Lipinski definition) is 1. The minimum absolute atomic E-state index is 0.0691. The van der Waals surface area contributed by atoms with Crippen LogP contribution >= 0.6 is 0 Å². The summed E-state index contributed by atoms with van der Waals surface area (Å²) in [5.41, 5.74) is 0.394. The minimum Gasteiger partial charge on any atom is -0.497 e. The van der Waals surface area contributed by atoms with Gasteiger partial charge in [0.25, 0.3) is 5.91 Å². The zero-order valence-electron chi connectivity index (χ0n) is 19.5. The lowest BCUT2D eigenvalue weighted by Gasteiger charge is -2.18. The van der Waals surface area contributed by atoms with Crippen molar-refractivity contribution in [2.45, 2.75) is 18.7 Å². The fourth-order valence-electron chi connectivity index (χ4n) is 3.05. The van der Waals surface area contributed by atoms with Crippen LogP contribution in [-0.4, -0.2) is 70.8 Å². The lowest BCUT2D eigenvalue weighted by atomic mass is 10.1. The van der Waals surface area contributed by atoms with Gasteiger partial charge in [-0.15, -0.1) is 0 Å². The number of benzene rings is 2. The van der Waals surface area contributed by atoms with Crippen LogP contribution < -0.4 is 14.8 Å². The minimum atomic E-state index is -3.64. The van der Waals surface area contributed by atoms with Crippen molar-refractivity contribution in [2.75, 3.05) is 40.5 Å². The van der Waals surface area contributed by atoms with E-state index in [2.05, 4.69) is 5.32 Å². The van der Waals surface area contributed by atoms with Crippen molar-refractivity contribution in [1.82, 2.24) is 9.62 Å². The third kappa shape index (κ3) is 6.55. The molecule has 0 aliphatic carbocycles. The van der Waals surface area contributed by atoms with Crippen LogP contribution in [0.15, 0.2) is 47.4 Å². The molecule has 0 fully saturated rings. The molecule has 10 nitrogen and oxygen atoms in total. The fraction of sp³-hybridized carbons (Fsp3) is 0.348. The summed E-state index contributed by atoms with van der Waals surface area (Å²) in [5, 5.41) is 2.38. The first-order valence-electron chi connectivity index (χ1n) is 10.5. The van der Waals surface area contributed by atoms with E-state index in [4.69, 9.17) is 14.2 Å². The van der Waals surface area contributed by atoms with Gasteiger partial charge in [0.1, 0.15) is 18.0 Å². The number of Topliss-reactive ketones (excluding diaryl/α,β-unsaturated/α-hetero) is 1. The van der Waals surface area contributed by atoms with Crippen molar-refractivity contribution in [3.8, 4) is 11.5 Å². The standard InChI is InChI=1S/C23H28N2O8S/c1-5-25(6-2)34(29,30)18-10-7-16(8-11-18)23(28)24-14-22(27)33-15-20(26)19-12-9-17(31-3)13-21(19)32-4/h7-13H,5-6,14-15H2,1-4H3,(H,24,28). The van der Waals surface area contributed by atoms with Gasteiger partial charge in [0.15, 0.2) is 6.61 Å². The Hall–Kier alpha value is -3.44. The number of ketones is 1. The van der Waals surface area contributed by atoms with E-state index in [1.165, 1.54) is 54.9 Å². The van der Waals surface area contributed by atoms with Gasteiger partial charge in [0.05, 0.1) is 24.7 Å². The first-order valence-corrected chi connectivity index (χ1v) is 11.9. The van der Waals surface area contributed by atoms with Gasteiger partial charge in [-0.25, -0.2) is 8.42 Å². The molecule has 0 spiro atoms. The van der Waals surface area contributed by atoms with E-state index in [0.717, 1.165) is 0 Å². The van der Waals surface area contributed by atoms with E-state index in [-0.39, 0.29) is 21.8 Å². The van der Waals surface area contributed by atoms with Crippen LogP contribution in [0.1, 0.15) is 34.6 Å². The first kappa shape index (κ1) is 26.8. The summed E-state index contributed by atoms with van der Waals surface area (Å²) in [5.74, 6) is -1.10. The molecule has 0 saturated carbocycles. The topological polar surface area (TPSA) is 128 Å². The molecule has 0 saturated heterocycles. The number of rotatable bonds is 12. The largest absolute Gasteiger partial charge is 0.497 e. The van der Waals surface area contributed by atoms with E-state index in [1.54, 1.807) is 19.9 Å². The van der Waals surface area contributed by atoms with Crippen LogP contribution in [0.3, 0.4) is 0 Å². The zero-order chi connectivity index (χ0) is 25.3. The number of sulfonamides is 1. The SMILES string of the molecule is CCN(CC)S(=O)(=O)c1ccc(C(=O)NCC(=O)OCC(=O)c2ccc(OC)cc2OC)cc1. The van der Waals surface area contributed by atoms with Gasteiger partial charge in [-0.2, -0.15) is 4.31 Å². The molecule has 0 aliphatic rings. The van der Waals surface area contributed by atoms with Crippen LogP contribution in [0.5, 0.6) is 11.5 Å². The summed E-state index contributed by atoms with van der Waals surface area (Å²) in [6, 6.07) is 10.0. The highest BCUT2D eigenvalue weighted by Crippen LogP contribution is 2.25.